The fourth-order valence-electron chi connectivity index (χ4n) is 1.04. The Balaban J connectivity index is 2.35. The van der Waals surface area contributed by atoms with Gasteiger partial charge < -0.3 is 14.9 Å². The minimum absolute atomic E-state index is 0.108. The Morgan fingerprint density at radius 2 is 2.00 bits per heavy atom. The standard InChI is InChI=1S/C11H13NO3/c12-5-9-1-3-10(4-2-9)7-15-8-11(14)6-13/h1-4,11,13-14H,6-8H2/t11-/m0/s1. The Morgan fingerprint density at radius 1 is 1.33 bits per heavy atom. The third-order valence-corrected chi connectivity index (χ3v) is 1.87. The summed E-state index contributed by atoms with van der Waals surface area (Å²) in [7, 11) is 0. The van der Waals surface area contributed by atoms with Crippen LogP contribution in [0.2, 0.25) is 0 Å². The molecular weight excluding hydrogens is 194 g/mol. The summed E-state index contributed by atoms with van der Waals surface area (Å²) in [6.07, 6.45) is -0.830. The van der Waals surface area contributed by atoms with Gasteiger partial charge in [-0.1, -0.05) is 12.1 Å². The molecule has 0 aliphatic rings. The first-order valence-corrected chi connectivity index (χ1v) is 4.62. The van der Waals surface area contributed by atoms with Crippen molar-refractivity contribution in [2.24, 2.45) is 0 Å². The number of benzene rings is 1. The van der Waals surface area contributed by atoms with Crippen LogP contribution in [0.3, 0.4) is 0 Å². The van der Waals surface area contributed by atoms with Crippen molar-refractivity contribution < 1.29 is 14.9 Å². The molecule has 1 atom stereocenters. The smallest absolute Gasteiger partial charge is 0.100 e. The van der Waals surface area contributed by atoms with Crippen molar-refractivity contribution >= 4 is 0 Å². The van der Waals surface area contributed by atoms with Gasteiger partial charge in [-0.15, -0.1) is 0 Å². The largest absolute Gasteiger partial charge is 0.394 e. The molecule has 0 spiro atoms. The SMILES string of the molecule is N#Cc1ccc(COC[C@@H](O)CO)cc1. The average molecular weight is 207 g/mol. The van der Waals surface area contributed by atoms with Crippen LogP contribution in [0.25, 0.3) is 0 Å². The topological polar surface area (TPSA) is 73.5 Å². The van der Waals surface area contributed by atoms with E-state index in [2.05, 4.69) is 0 Å². The third kappa shape index (κ3) is 4.09. The van der Waals surface area contributed by atoms with Gasteiger partial charge in [-0.2, -0.15) is 5.26 Å². The molecule has 0 fully saturated rings. The lowest BCUT2D eigenvalue weighted by atomic mass is 10.2. The van der Waals surface area contributed by atoms with Crippen molar-refractivity contribution in [1.29, 1.82) is 5.26 Å². The highest BCUT2D eigenvalue weighted by Gasteiger charge is 2.01. The molecule has 0 saturated heterocycles. The maximum atomic E-state index is 9.00. The van der Waals surface area contributed by atoms with E-state index in [4.69, 9.17) is 20.2 Å². The van der Waals surface area contributed by atoms with E-state index in [0.717, 1.165) is 5.56 Å². The van der Waals surface area contributed by atoms with E-state index in [1.807, 2.05) is 6.07 Å². The zero-order valence-electron chi connectivity index (χ0n) is 8.26. The highest BCUT2D eigenvalue weighted by molar-refractivity contribution is 5.31. The second-order valence-electron chi connectivity index (χ2n) is 3.16. The molecule has 0 aromatic heterocycles. The molecule has 4 heteroatoms. The minimum Gasteiger partial charge on any atom is -0.394 e. The van der Waals surface area contributed by atoms with Crippen LogP contribution >= 0.6 is 0 Å². The Morgan fingerprint density at radius 3 is 2.53 bits per heavy atom. The second kappa shape index (κ2) is 6.14. The van der Waals surface area contributed by atoms with Gasteiger partial charge in [0.2, 0.25) is 0 Å². The second-order valence-corrected chi connectivity index (χ2v) is 3.16. The monoisotopic (exact) mass is 207 g/mol. The fourth-order valence-corrected chi connectivity index (χ4v) is 1.04. The summed E-state index contributed by atoms with van der Waals surface area (Å²) in [6.45, 7) is 0.173. The average Bonchev–Trinajstić information content (AvgIpc) is 2.29. The van der Waals surface area contributed by atoms with Gasteiger partial charge in [-0.3, -0.25) is 0 Å². The predicted octanol–water partition coefficient (Wildman–Crippen LogP) is 0.428. The number of hydrogen-bond acceptors (Lipinski definition) is 4. The van der Waals surface area contributed by atoms with E-state index in [9.17, 15) is 0 Å². The Hall–Kier alpha value is -1.41. The lowest BCUT2D eigenvalue weighted by Gasteiger charge is -2.08. The Bertz CT molecular complexity index is 329. The number of hydrogen-bond donors (Lipinski definition) is 2. The van der Waals surface area contributed by atoms with Gasteiger partial charge in [-0.25, -0.2) is 0 Å². The van der Waals surface area contributed by atoms with Crippen LogP contribution in [-0.2, 0) is 11.3 Å². The first-order valence-electron chi connectivity index (χ1n) is 4.62. The molecular formula is C11H13NO3. The summed E-state index contributed by atoms with van der Waals surface area (Å²) >= 11 is 0. The van der Waals surface area contributed by atoms with E-state index in [0.29, 0.717) is 12.2 Å². The van der Waals surface area contributed by atoms with Crippen LogP contribution in [0.4, 0.5) is 0 Å². The van der Waals surface area contributed by atoms with Crippen molar-refractivity contribution in [3.63, 3.8) is 0 Å². The maximum Gasteiger partial charge on any atom is 0.100 e. The quantitative estimate of drug-likeness (QED) is 0.734. The number of ether oxygens (including phenoxy) is 1. The normalized spacial score (nSPS) is 12.1. The van der Waals surface area contributed by atoms with E-state index >= 15 is 0 Å². The van der Waals surface area contributed by atoms with E-state index in [1.54, 1.807) is 24.3 Å². The molecule has 80 valence electrons. The molecule has 0 heterocycles. The highest BCUT2D eigenvalue weighted by atomic mass is 16.5. The molecule has 0 aliphatic carbocycles. The van der Waals surface area contributed by atoms with Crippen LogP contribution in [0.5, 0.6) is 0 Å². The molecule has 1 rings (SSSR count). The van der Waals surface area contributed by atoms with Crippen molar-refractivity contribution in [2.75, 3.05) is 13.2 Å². The van der Waals surface area contributed by atoms with Gasteiger partial charge in [-0.05, 0) is 17.7 Å². The number of aliphatic hydroxyl groups excluding tert-OH is 2. The van der Waals surface area contributed by atoms with Crippen molar-refractivity contribution in [2.45, 2.75) is 12.7 Å². The van der Waals surface area contributed by atoms with E-state index in [1.165, 1.54) is 0 Å². The van der Waals surface area contributed by atoms with Crippen LogP contribution in [0.15, 0.2) is 24.3 Å². The zero-order valence-corrected chi connectivity index (χ0v) is 8.26. The van der Waals surface area contributed by atoms with Crippen LogP contribution in [0, 0.1) is 11.3 Å². The van der Waals surface area contributed by atoms with Crippen LogP contribution in [-0.4, -0.2) is 29.5 Å². The van der Waals surface area contributed by atoms with Crippen molar-refractivity contribution in [3.8, 4) is 6.07 Å². The van der Waals surface area contributed by atoms with Gasteiger partial charge in [0.15, 0.2) is 0 Å². The number of rotatable bonds is 5. The van der Waals surface area contributed by atoms with Gasteiger partial charge in [0.1, 0.15) is 6.10 Å². The zero-order chi connectivity index (χ0) is 11.1. The van der Waals surface area contributed by atoms with E-state index in [-0.39, 0.29) is 13.2 Å². The number of nitriles is 1. The Labute approximate surface area is 88.4 Å². The van der Waals surface area contributed by atoms with Crippen molar-refractivity contribution in [3.05, 3.63) is 35.4 Å². The lowest BCUT2D eigenvalue weighted by Crippen LogP contribution is -2.19. The summed E-state index contributed by atoms with van der Waals surface area (Å²) in [4.78, 5) is 0. The van der Waals surface area contributed by atoms with Gasteiger partial charge >= 0.3 is 0 Å². The summed E-state index contributed by atoms with van der Waals surface area (Å²) in [6, 6.07) is 9.03. The molecule has 15 heavy (non-hydrogen) atoms. The number of nitrogens with zero attached hydrogens (tertiary/aromatic N) is 1. The van der Waals surface area contributed by atoms with Gasteiger partial charge in [0, 0.05) is 0 Å². The summed E-state index contributed by atoms with van der Waals surface area (Å²) < 4.78 is 5.15. The fraction of sp³-hybridized carbons (Fsp3) is 0.364. The molecule has 1 aromatic rings. The molecule has 0 aliphatic heterocycles. The first kappa shape index (κ1) is 11.7. The molecule has 0 saturated carbocycles. The summed E-state index contributed by atoms with van der Waals surface area (Å²) in [5.74, 6) is 0. The molecule has 0 amide bonds. The highest BCUT2D eigenvalue weighted by Crippen LogP contribution is 2.04. The lowest BCUT2D eigenvalue weighted by molar-refractivity contribution is 0.0000243. The van der Waals surface area contributed by atoms with Crippen LogP contribution in [0.1, 0.15) is 11.1 Å². The molecule has 0 unspecified atom stereocenters. The van der Waals surface area contributed by atoms with Crippen molar-refractivity contribution in [1.82, 2.24) is 0 Å². The number of aliphatic hydroxyl groups is 2. The predicted molar refractivity (Wildman–Crippen MR) is 53.9 cm³/mol. The molecule has 2 N–H and O–H groups in total. The molecule has 0 bridgehead atoms. The third-order valence-electron chi connectivity index (χ3n) is 1.87. The first-order chi connectivity index (χ1) is 7.26. The van der Waals surface area contributed by atoms with Gasteiger partial charge in [0.05, 0.1) is 31.5 Å². The molecule has 4 nitrogen and oxygen atoms in total. The molecule has 0 radical (unpaired) electrons. The summed E-state index contributed by atoms with van der Waals surface area (Å²) in [5, 5.41) is 26.1. The van der Waals surface area contributed by atoms with Crippen LogP contribution < -0.4 is 0 Å². The minimum atomic E-state index is -0.830. The van der Waals surface area contributed by atoms with Gasteiger partial charge in [0.25, 0.3) is 0 Å². The van der Waals surface area contributed by atoms with E-state index < -0.39 is 6.10 Å². The Kier molecular flexibility index (Phi) is 4.78. The molecule has 1 aromatic carbocycles. The maximum absolute atomic E-state index is 9.00. The summed E-state index contributed by atoms with van der Waals surface area (Å²) in [5.41, 5.74) is 1.54.